The van der Waals surface area contributed by atoms with Crippen molar-refractivity contribution in [1.82, 2.24) is 5.32 Å². The Morgan fingerprint density at radius 1 is 1.15 bits per heavy atom. The van der Waals surface area contributed by atoms with E-state index in [1.54, 1.807) is 30.3 Å². The van der Waals surface area contributed by atoms with Crippen molar-refractivity contribution < 1.29 is 24.2 Å². The predicted molar refractivity (Wildman–Crippen MR) is 98.0 cm³/mol. The van der Waals surface area contributed by atoms with Gasteiger partial charge in [-0.2, -0.15) is 0 Å². The molecule has 0 radical (unpaired) electrons. The number of carboxylic acid groups (broad SMARTS) is 1. The van der Waals surface area contributed by atoms with Crippen LogP contribution in [0, 0.1) is 0 Å². The number of hydrogen-bond donors (Lipinski definition) is 2. The molecule has 26 heavy (non-hydrogen) atoms. The highest BCUT2D eigenvalue weighted by Gasteiger charge is 2.15. The second-order valence-electron chi connectivity index (χ2n) is 5.49. The number of amides is 1. The van der Waals surface area contributed by atoms with Gasteiger partial charge in [-0.3, -0.25) is 9.59 Å². The molecular formula is C19H20ClNO5. The SMILES string of the molecule is COc1cccc(Cl)c1C(=O)NCc1ccc(OCCCC(=O)O)cc1. The van der Waals surface area contributed by atoms with Crippen LogP contribution in [-0.4, -0.2) is 30.7 Å². The summed E-state index contributed by atoms with van der Waals surface area (Å²) in [6.45, 7) is 0.668. The van der Waals surface area contributed by atoms with Crippen LogP contribution in [0.5, 0.6) is 11.5 Å². The van der Waals surface area contributed by atoms with Crippen LogP contribution >= 0.6 is 11.6 Å². The number of carbonyl (C=O) groups is 2. The van der Waals surface area contributed by atoms with Crippen molar-refractivity contribution in [3.8, 4) is 11.5 Å². The Bertz CT molecular complexity index is 761. The Labute approximate surface area is 156 Å². The summed E-state index contributed by atoms with van der Waals surface area (Å²) in [5.74, 6) is -0.0883. The van der Waals surface area contributed by atoms with Crippen molar-refractivity contribution in [3.05, 3.63) is 58.6 Å². The Morgan fingerprint density at radius 3 is 2.54 bits per heavy atom. The van der Waals surface area contributed by atoms with Crippen LogP contribution < -0.4 is 14.8 Å². The molecule has 138 valence electrons. The quantitative estimate of drug-likeness (QED) is 0.653. The van der Waals surface area contributed by atoms with E-state index in [-0.39, 0.29) is 12.3 Å². The number of aliphatic carboxylic acids is 1. The fourth-order valence-corrected chi connectivity index (χ4v) is 2.53. The molecule has 2 aromatic rings. The maximum Gasteiger partial charge on any atom is 0.303 e. The number of methoxy groups -OCH3 is 1. The fraction of sp³-hybridized carbons (Fsp3) is 0.263. The normalized spacial score (nSPS) is 10.2. The lowest BCUT2D eigenvalue weighted by atomic mass is 10.1. The van der Waals surface area contributed by atoms with Crippen molar-refractivity contribution in [2.24, 2.45) is 0 Å². The first-order valence-corrected chi connectivity index (χ1v) is 8.43. The number of nitrogens with one attached hydrogen (secondary N) is 1. The summed E-state index contributed by atoms with van der Waals surface area (Å²) in [5, 5.41) is 11.7. The fourth-order valence-electron chi connectivity index (χ4n) is 2.28. The largest absolute Gasteiger partial charge is 0.496 e. The average Bonchev–Trinajstić information content (AvgIpc) is 2.63. The van der Waals surface area contributed by atoms with Gasteiger partial charge in [0, 0.05) is 13.0 Å². The minimum Gasteiger partial charge on any atom is -0.496 e. The molecule has 0 spiro atoms. The number of ether oxygens (including phenoxy) is 2. The molecule has 0 aliphatic heterocycles. The van der Waals surface area contributed by atoms with Crippen LogP contribution in [0.15, 0.2) is 42.5 Å². The van der Waals surface area contributed by atoms with Gasteiger partial charge in [0.2, 0.25) is 0 Å². The number of hydrogen-bond acceptors (Lipinski definition) is 4. The summed E-state index contributed by atoms with van der Waals surface area (Å²) in [7, 11) is 1.48. The maximum absolute atomic E-state index is 12.4. The highest BCUT2D eigenvalue weighted by molar-refractivity contribution is 6.34. The van der Waals surface area contributed by atoms with Crippen molar-refractivity contribution >= 4 is 23.5 Å². The van der Waals surface area contributed by atoms with Gasteiger partial charge in [-0.25, -0.2) is 0 Å². The van der Waals surface area contributed by atoms with Gasteiger partial charge in [-0.05, 0) is 36.2 Å². The molecule has 2 N–H and O–H groups in total. The Kier molecular flexibility index (Phi) is 7.29. The molecule has 0 bridgehead atoms. The molecule has 0 heterocycles. The van der Waals surface area contributed by atoms with Gasteiger partial charge in [0.25, 0.3) is 5.91 Å². The zero-order valence-corrected chi connectivity index (χ0v) is 15.1. The second-order valence-corrected chi connectivity index (χ2v) is 5.90. The third-order valence-corrected chi connectivity index (χ3v) is 3.92. The summed E-state index contributed by atoms with van der Waals surface area (Å²) >= 11 is 6.09. The van der Waals surface area contributed by atoms with Crippen LogP contribution in [0.2, 0.25) is 5.02 Å². The van der Waals surface area contributed by atoms with Crippen molar-refractivity contribution in [2.45, 2.75) is 19.4 Å². The lowest BCUT2D eigenvalue weighted by molar-refractivity contribution is -0.137. The zero-order valence-electron chi connectivity index (χ0n) is 14.3. The standard InChI is InChI=1S/C19H20ClNO5/c1-25-16-5-2-4-15(20)18(16)19(24)21-12-13-7-9-14(10-8-13)26-11-3-6-17(22)23/h2,4-5,7-10H,3,6,11-12H2,1H3,(H,21,24)(H,22,23). The topological polar surface area (TPSA) is 84.9 Å². The van der Waals surface area contributed by atoms with Gasteiger partial charge < -0.3 is 19.9 Å². The van der Waals surface area contributed by atoms with Gasteiger partial charge >= 0.3 is 5.97 Å². The van der Waals surface area contributed by atoms with Gasteiger partial charge in [0.1, 0.15) is 11.5 Å². The van der Waals surface area contributed by atoms with Crippen LogP contribution in [0.4, 0.5) is 0 Å². The molecule has 0 saturated carbocycles. The van der Waals surface area contributed by atoms with E-state index in [2.05, 4.69) is 5.32 Å². The predicted octanol–water partition coefficient (Wildman–Crippen LogP) is 3.52. The number of carboxylic acids is 1. The van der Waals surface area contributed by atoms with Crippen LogP contribution in [0.1, 0.15) is 28.8 Å². The van der Waals surface area contributed by atoms with E-state index >= 15 is 0 Å². The van der Waals surface area contributed by atoms with Crippen LogP contribution in [0.25, 0.3) is 0 Å². The molecule has 0 saturated heterocycles. The molecule has 0 aromatic heterocycles. The number of benzene rings is 2. The molecule has 0 atom stereocenters. The summed E-state index contributed by atoms with van der Waals surface area (Å²) < 4.78 is 10.6. The maximum atomic E-state index is 12.4. The monoisotopic (exact) mass is 377 g/mol. The van der Waals surface area contributed by atoms with E-state index < -0.39 is 5.97 Å². The molecule has 7 heteroatoms. The van der Waals surface area contributed by atoms with E-state index in [9.17, 15) is 9.59 Å². The Balaban J connectivity index is 1.88. The molecule has 0 aliphatic carbocycles. The van der Waals surface area contributed by atoms with Gasteiger partial charge in [0.15, 0.2) is 0 Å². The average molecular weight is 378 g/mol. The minimum absolute atomic E-state index is 0.0790. The molecule has 0 unspecified atom stereocenters. The molecule has 6 nitrogen and oxygen atoms in total. The molecule has 2 aromatic carbocycles. The van der Waals surface area contributed by atoms with Gasteiger partial charge in [0.05, 0.1) is 24.3 Å². The van der Waals surface area contributed by atoms with Gasteiger partial charge in [-0.15, -0.1) is 0 Å². The highest BCUT2D eigenvalue weighted by atomic mass is 35.5. The highest BCUT2D eigenvalue weighted by Crippen LogP contribution is 2.26. The summed E-state index contributed by atoms with van der Waals surface area (Å²) in [6, 6.07) is 12.2. The summed E-state index contributed by atoms with van der Waals surface area (Å²) in [6.07, 6.45) is 0.530. The molecule has 2 rings (SSSR count). The van der Waals surface area contributed by atoms with E-state index in [0.717, 1.165) is 5.56 Å². The first-order chi connectivity index (χ1) is 12.5. The molecule has 0 fully saturated rings. The van der Waals surface area contributed by atoms with Crippen molar-refractivity contribution in [1.29, 1.82) is 0 Å². The Morgan fingerprint density at radius 2 is 1.88 bits per heavy atom. The van der Waals surface area contributed by atoms with Crippen LogP contribution in [-0.2, 0) is 11.3 Å². The van der Waals surface area contributed by atoms with E-state index in [1.807, 2.05) is 12.1 Å². The number of rotatable bonds is 9. The molecular weight excluding hydrogens is 358 g/mol. The van der Waals surface area contributed by atoms with Crippen molar-refractivity contribution in [3.63, 3.8) is 0 Å². The number of carbonyl (C=O) groups excluding carboxylic acids is 1. The molecule has 0 aliphatic rings. The lowest BCUT2D eigenvalue weighted by Crippen LogP contribution is -2.23. The summed E-state index contributed by atoms with van der Waals surface area (Å²) in [4.78, 5) is 22.8. The first kappa shape index (κ1) is 19.6. The summed E-state index contributed by atoms with van der Waals surface area (Å²) in [5.41, 5.74) is 1.19. The third-order valence-electron chi connectivity index (χ3n) is 3.60. The van der Waals surface area contributed by atoms with E-state index in [1.165, 1.54) is 7.11 Å². The minimum atomic E-state index is -0.838. The smallest absolute Gasteiger partial charge is 0.303 e. The lowest BCUT2D eigenvalue weighted by Gasteiger charge is -2.11. The molecule has 1 amide bonds. The van der Waals surface area contributed by atoms with E-state index in [4.69, 9.17) is 26.2 Å². The van der Waals surface area contributed by atoms with Gasteiger partial charge in [-0.1, -0.05) is 29.8 Å². The van der Waals surface area contributed by atoms with Crippen LogP contribution in [0.3, 0.4) is 0 Å². The Hall–Kier alpha value is -2.73. The van der Waals surface area contributed by atoms with E-state index in [0.29, 0.717) is 41.7 Å². The first-order valence-electron chi connectivity index (χ1n) is 8.05. The second kappa shape index (κ2) is 9.68. The number of halogens is 1. The van der Waals surface area contributed by atoms with Crippen molar-refractivity contribution in [2.75, 3.05) is 13.7 Å². The third kappa shape index (κ3) is 5.67. The zero-order chi connectivity index (χ0) is 18.9.